The molecule has 0 radical (unpaired) electrons. The van der Waals surface area contributed by atoms with Gasteiger partial charge in [0, 0.05) is 16.1 Å². The fourth-order valence-electron chi connectivity index (χ4n) is 2.32. The van der Waals surface area contributed by atoms with Gasteiger partial charge in [-0.25, -0.2) is 0 Å². The molecule has 0 aliphatic carbocycles. The Labute approximate surface area is 151 Å². The molecule has 0 spiro atoms. The van der Waals surface area contributed by atoms with Gasteiger partial charge in [-0.2, -0.15) is 9.67 Å². The lowest BCUT2D eigenvalue weighted by molar-refractivity contribution is 0.0944. The fraction of sp³-hybridized carbons (Fsp3) is 0.211. The van der Waals surface area contributed by atoms with E-state index >= 15 is 0 Å². The largest absolute Gasteiger partial charge is 0.462 e. The van der Waals surface area contributed by atoms with Gasteiger partial charge in [-0.05, 0) is 37.6 Å². The van der Waals surface area contributed by atoms with Crippen LogP contribution in [0.15, 0.2) is 48.5 Å². The molecule has 6 heteroatoms. The van der Waals surface area contributed by atoms with Gasteiger partial charge < -0.3 is 4.74 Å². The van der Waals surface area contributed by atoms with Crippen LogP contribution in [0, 0.1) is 6.92 Å². The summed E-state index contributed by atoms with van der Waals surface area (Å²) >= 11 is 6.08. The van der Waals surface area contributed by atoms with E-state index in [0.29, 0.717) is 28.6 Å². The summed E-state index contributed by atoms with van der Waals surface area (Å²) in [6.45, 7) is 4.45. The Morgan fingerprint density at radius 3 is 2.64 bits per heavy atom. The van der Waals surface area contributed by atoms with Crippen molar-refractivity contribution >= 4 is 17.5 Å². The Morgan fingerprint density at radius 1 is 1.20 bits per heavy atom. The molecular weight excluding hydrogens is 338 g/mol. The van der Waals surface area contributed by atoms with Crippen molar-refractivity contribution < 1.29 is 9.53 Å². The van der Waals surface area contributed by atoms with Crippen molar-refractivity contribution in [2.24, 2.45) is 0 Å². The lowest BCUT2D eigenvalue weighted by atomic mass is 10.1. The quantitative estimate of drug-likeness (QED) is 0.681. The topological polar surface area (TPSA) is 57.0 Å². The Balaban J connectivity index is 2.05. The zero-order chi connectivity index (χ0) is 17.8. The maximum Gasteiger partial charge on any atom is 0.336 e. The van der Waals surface area contributed by atoms with Crippen molar-refractivity contribution in [3.05, 3.63) is 64.7 Å². The monoisotopic (exact) mass is 355 g/mol. The number of aromatic nitrogens is 3. The summed E-state index contributed by atoms with van der Waals surface area (Å²) in [7, 11) is 0. The van der Waals surface area contributed by atoms with Gasteiger partial charge in [-0.3, -0.25) is 4.79 Å². The second-order valence-corrected chi connectivity index (χ2v) is 6.10. The smallest absolute Gasteiger partial charge is 0.336 e. The van der Waals surface area contributed by atoms with Gasteiger partial charge in [0.15, 0.2) is 5.82 Å². The van der Waals surface area contributed by atoms with E-state index in [0.717, 1.165) is 12.0 Å². The molecule has 5 nitrogen and oxygen atoms in total. The fourth-order valence-corrected chi connectivity index (χ4v) is 2.51. The molecule has 1 aromatic heterocycles. The number of ether oxygens (including phenoxy) is 1. The first-order chi connectivity index (χ1) is 12.1. The highest BCUT2D eigenvalue weighted by Crippen LogP contribution is 2.24. The van der Waals surface area contributed by atoms with E-state index < -0.39 is 0 Å². The molecule has 0 aliphatic heterocycles. The summed E-state index contributed by atoms with van der Waals surface area (Å²) in [5, 5.41) is 4.80. The predicted molar refractivity (Wildman–Crippen MR) is 97.2 cm³/mol. The first kappa shape index (κ1) is 17.2. The number of hydrogen-bond donors (Lipinski definition) is 0. The maximum absolute atomic E-state index is 12.9. The molecule has 0 aliphatic rings. The summed E-state index contributed by atoms with van der Waals surface area (Å²) in [5.41, 5.74) is 2.31. The van der Waals surface area contributed by atoms with Gasteiger partial charge in [0.25, 0.3) is 5.91 Å². The second-order valence-electron chi connectivity index (χ2n) is 5.66. The zero-order valence-electron chi connectivity index (χ0n) is 14.1. The van der Waals surface area contributed by atoms with E-state index in [1.165, 1.54) is 4.68 Å². The summed E-state index contributed by atoms with van der Waals surface area (Å²) in [5.74, 6) is 0.132. The SMILES string of the molecule is CCCOc1nc(-c2cccc(Cl)c2)n(C(=O)c2ccc(C)cc2)n1. The number of carbonyl (C=O) groups excluding carboxylic acids is 1. The average Bonchev–Trinajstić information content (AvgIpc) is 3.04. The third-order valence-corrected chi connectivity index (χ3v) is 3.83. The number of aryl methyl sites for hydroxylation is 1. The van der Waals surface area contributed by atoms with Crippen LogP contribution in [0.4, 0.5) is 0 Å². The highest BCUT2D eigenvalue weighted by molar-refractivity contribution is 6.30. The van der Waals surface area contributed by atoms with E-state index in [4.69, 9.17) is 16.3 Å². The molecule has 128 valence electrons. The third kappa shape index (κ3) is 3.88. The van der Waals surface area contributed by atoms with Gasteiger partial charge in [0.1, 0.15) is 0 Å². The summed E-state index contributed by atoms with van der Waals surface area (Å²) in [4.78, 5) is 17.3. The van der Waals surface area contributed by atoms with E-state index in [-0.39, 0.29) is 11.9 Å². The normalized spacial score (nSPS) is 10.7. The van der Waals surface area contributed by atoms with E-state index in [1.54, 1.807) is 30.3 Å². The van der Waals surface area contributed by atoms with Crippen LogP contribution in [0.1, 0.15) is 29.3 Å². The van der Waals surface area contributed by atoms with Crippen molar-refractivity contribution in [3.63, 3.8) is 0 Å². The van der Waals surface area contributed by atoms with E-state index in [1.807, 2.05) is 32.0 Å². The van der Waals surface area contributed by atoms with Crippen molar-refractivity contribution in [1.82, 2.24) is 14.8 Å². The van der Waals surface area contributed by atoms with Gasteiger partial charge in [0.2, 0.25) is 0 Å². The summed E-state index contributed by atoms with van der Waals surface area (Å²) in [6.07, 6.45) is 0.826. The van der Waals surface area contributed by atoms with Gasteiger partial charge in [-0.1, -0.05) is 48.4 Å². The number of halogens is 1. The lowest BCUT2D eigenvalue weighted by Crippen LogP contribution is -2.15. The second kappa shape index (κ2) is 7.49. The molecule has 0 atom stereocenters. The Bertz CT molecular complexity index is 888. The molecule has 0 amide bonds. The number of hydrogen-bond acceptors (Lipinski definition) is 4. The van der Waals surface area contributed by atoms with Crippen LogP contribution in [0.2, 0.25) is 5.02 Å². The molecule has 25 heavy (non-hydrogen) atoms. The van der Waals surface area contributed by atoms with Crippen LogP contribution in [0.3, 0.4) is 0 Å². The Morgan fingerprint density at radius 2 is 1.96 bits per heavy atom. The standard InChI is InChI=1S/C19H18ClN3O2/c1-3-11-25-19-21-17(15-5-4-6-16(20)12-15)23(22-19)18(24)14-9-7-13(2)8-10-14/h4-10,12H,3,11H2,1-2H3. The van der Waals surface area contributed by atoms with Crippen molar-refractivity contribution in [1.29, 1.82) is 0 Å². The maximum atomic E-state index is 12.9. The predicted octanol–water partition coefficient (Wildman–Crippen LogP) is 4.38. The van der Waals surface area contributed by atoms with Crippen LogP contribution in [0.25, 0.3) is 11.4 Å². The van der Waals surface area contributed by atoms with E-state index in [9.17, 15) is 4.79 Å². The molecule has 3 rings (SSSR count). The molecular formula is C19H18ClN3O2. The lowest BCUT2D eigenvalue weighted by Gasteiger charge is -2.05. The minimum atomic E-state index is -0.270. The van der Waals surface area contributed by atoms with Gasteiger partial charge in [-0.15, -0.1) is 5.10 Å². The van der Waals surface area contributed by atoms with Crippen LogP contribution in [-0.4, -0.2) is 27.3 Å². The molecule has 1 heterocycles. The van der Waals surface area contributed by atoms with Crippen LogP contribution in [0.5, 0.6) is 6.01 Å². The van der Waals surface area contributed by atoms with Crippen molar-refractivity contribution in [3.8, 4) is 17.4 Å². The van der Waals surface area contributed by atoms with Crippen molar-refractivity contribution in [2.75, 3.05) is 6.61 Å². The average molecular weight is 356 g/mol. The van der Waals surface area contributed by atoms with Crippen LogP contribution < -0.4 is 4.74 Å². The number of nitrogens with zero attached hydrogens (tertiary/aromatic N) is 3. The molecule has 0 saturated carbocycles. The molecule has 0 N–H and O–H groups in total. The molecule has 0 saturated heterocycles. The Kier molecular flexibility index (Phi) is 5.14. The summed E-state index contributed by atoms with van der Waals surface area (Å²) in [6, 6.07) is 14.6. The Hall–Kier alpha value is -2.66. The minimum absolute atomic E-state index is 0.178. The molecule has 3 aromatic rings. The molecule has 0 unspecified atom stereocenters. The van der Waals surface area contributed by atoms with Crippen molar-refractivity contribution in [2.45, 2.75) is 20.3 Å². The third-order valence-electron chi connectivity index (χ3n) is 3.60. The van der Waals surface area contributed by atoms with Crippen LogP contribution in [-0.2, 0) is 0 Å². The van der Waals surface area contributed by atoms with Crippen LogP contribution >= 0.6 is 11.6 Å². The number of carbonyl (C=O) groups is 1. The molecule has 0 bridgehead atoms. The first-order valence-electron chi connectivity index (χ1n) is 8.05. The highest BCUT2D eigenvalue weighted by atomic mass is 35.5. The van der Waals surface area contributed by atoms with Gasteiger partial charge >= 0.3 is 6.01 Å². The molecule has 0 fully saturated rings. The minimum Gasteiger partial charge on any atom is -0.462 e. The number of benzene rings is 2. The zero-order valence-corrected chi connectivity index (χ0v) is 14.8. The van der Waals surface area contributed by atoms with Gasteiger partial charge in [0.05, 0.1) is 6.61 Å². The number of rotatable bonds is 5. The molecule has 2 aromatic carbocycles. The first-order valence-corrected chi connectivity index (χ1v) is 8.43. The highest BCUT2D eigenvalue weighted by Gasteiger charge is 2.20. The summed E-state index contributed by atoms with van der Waals surface area (Å²) < 4.78 is 6.77. The van der Waals surface area contributed by atoms with E-state index in [2.05, 4.69) is 10.1 Å².